The predicted octanol–water partition coefficient (Wildman–Crippen LogP) is 7.34. The highest BCUT2D eigenvalue weighted by Crippen LogP contribution is 2.35. The number of fused-ring (bicyclic) bond motifs is 2. The Labute approximate surface area is 288 Å². The molecular weight excluding hydrogens is 664 g/mol. The SMILES string of the molecule is CC(C)(C)OC(=O)n1c(B(O)O)cc2ccccc21.COc1ccc(Cl)nc1C1=Cc2ccccc2C1.COc1ccc(Cl)nc1Cl. The van der Waals surface area contributed by atoms with Crippen LogP contribution in [0, 0.1) is 0 Å². The standard InChI is InChI=1S/C15H12ClNO.C13H16BNO4.C6H5Cl2NO/c1-18-13-6-7-14(16)17-15(13)12-8-10-4-2-3-5-11(10)9-12;1-13(2,3)19-12(16)15-10-7-5-4-6-9(10)8-11(15)14(17)18;1-10-4-2-3-5(7)9-6(4)8/h2-8H,9H2,1H3;4-8,17-18H,1-3H3;2-3H,1H3. The summed E-state index contributed by atoms with van der Waals surface area (Å²) in [6.07, 6.45) is 2.40. The number of hydrogen-bond acceptors (Lipinski definition) is 8. The zero-order valence-electron chi connectivity index (χ0n) is 26.4. The van der Waals surface area contributed by atoms with Gasteiger partial charge in [0.25, 0.3) is 0 Å². The summed E-state index contributed by atoms with van der Waals surface area (Å²) in [5.74, 6) is 1.30. The van der Waals surface area contributed by atoms with Gasteiger partial charge in [0.2, 0.25) is 0 Å². The minimum absolute atomic E-state index is 0.0930. The number of rotatable bonds is 4. The van der Waals surface area contributed by atoms with E-state index in [2.05, 4.69) is 34.2 Å². The smallest absolute Gasteiger partial charge is 0.494 e. The first-order chi connectivity index (χ1) is 22.3. The van der Waals surface area contributed by atoms with Crippen molar-refractivity contribution in [2.45, 2.75) is 32.8 Å². The fraction of sp³-hybridized carbons (Fsp3) is 0.206. The third kappa shape index (κ3) is 9.28. The average molecular weight is 697 g/mol. The Morgan fingerprint density at radius 2 is 1.47 bits per heavy atom. The van der Waals surface area contributed by atoms with E-state index < -0.39 is 18.8 Å². The first kappa shape index (κ1) is 35.8. The minimum Gasteiger partial charge on any atom is -0.494 e. The molecule has 47 heavy (non-hydrogen) atoms. The monoisotopic (exact) mass is 695 g/mol. The Kier molecular flexibility index (Phi) is 11.9. The van der Waals surface area contributed by atoms with Crippen LogP contribution in [0.5, 0.6) is 11.5 Å². The second kappa shape index (κ2) is 15.7. The van der Waals surface area contributed by atoms with Gasteiger partial charge in [-0.25, -0.2) is 14.8 Å². The molecule has 2 N–H and O–H groups in total. The summed E-state index contributed by atoms with van der Waals surface area (Å²) in [6, 6.07) is 23.9. The van der Waals surface area contributed by atoms with Gasteiger partial charge < -0.3 is 24.3 Å². The van der Waals surface area contributed by atoms with E-state index in [0.29, 0.717) is 21.6 Å². The lowest BCUT2D eigenvalue weighted by Gasteiger charge is -2.20. The van der Waals surface area contributed by atoms with Crippen LogP contribution in [0.4, 0.5) is 4.79 Å². The van der Waals surface area contributed by atoms with Crippen LogP contribution in [-0.4, -0.2) is 57.6 Å². The number of nitrogens with zero attached hydrogens (tertiary/aromatic N) is 3. The summed E-state index contributed by atoms with van der Waals surface area (Å²) in [6.45, 7) is 5.27. The number of carbonyl (C=O) groups excluding carboxylic acids is 1. The van der Waals surface area contributed by atoms with Gasteiger partial charge in [-0.1, -0.05) is 77.3 Å². The number of para-hydroxylation sites is 1. The van der Waals surface area contributed by atoms with Gasteiger partial charge in [0.15, 0.2) is 10.9 Å². The third-order valence-electron chi connectivity index (χ3n) is 6.69. The second-order valence-corrected chi connectivity index (χ2v) is 12.3. The van der Waals surface area contributed by atoms with Crippen molar-refractivity contribution >= 4 is 76.2 Å². The Balaban J connectivity index is 0.000000167. The highest BCUT2D eigenvalue weighted by Gasteiger charge is 2.26. The lowest BCUT2D eigenvalue weighted by molar-refractivity contribution is 0.0547. The molecule has 0 aliphatic heterocycles. The van der Waals surface area contributed by atoms with E-state index in [1.165, 1.54) is 22.8 Å². The van der Waals surface area contributed by atoms with Crippen LogP contribution >= 0.6 is 34.8 Å². The predicted molar refractivity (Wildman–Crippen MR) is 188 cm³/mol. The van der Waals surface area contributed by atoms with Gasteiger partial charge >= 0.3 is 13.2 Å². The molecule has 2 aromatic carbocycles. The number of allylic oxidation sites excluding steroid dienone is 1. The number of hydrogen-bond donors (Lipinski definition) is 2. The van der Waals surface area contributed by atoms with E-state index in [9.17, 15) is 14.8 Å². The van der Waals surface area contributed by atoms with Crippen molar-refractivity contribution in [2.24, 2.45) is 0 Å². The molecule has 6 rings (SSSR count). The molecule has 0 atom stereocenters. The molecule has 13 heteroatoms. The molecule has 0 spiro atoms. The number of ether oxygens (including phenoxy) is 3. The van der Waals surface area contributed by atoms with E-state index in [4.69, 9.17) is 49.0 Å². The van der Waals surface area contributed by atoms with Gasteiger partial charge in [-0.2, -0.15) is 0 Å². The number of benzene rings is 2. The molecule has 0 unspecified atom stereocenters. The van der Waals surface area contributed by atoms with Crippen LogP contribution in [0.2, 0.25) is 15.5 Å². The Hall–Kier alpha value is -4.06. The molecule has 244 valence electrons. The fourth-order valence-electron chi connectivity index (χ4n) is 4.68. The van der Waals surface area contributed by atoms with Crippen LogP contribution in [0.15, 0.2) is 78.9 Å². The second-order valence-electron chi connectivity index (χ2n) is 11.2. The van der Waals surface area contributed by atoms with Crippen molar-refractivity contribution in [1.82, 2.24) is 14.5 Å². The molecule has 1 aliphatic rings. The Bertz CT molecular complexity index is 1910. The fourth-order valence-corrected chi connectivity index (χ4v) is 5.25. The van der Waals surface area contributed by atoms with Gasteiger partial charge in [-0.15, -0.1) is 0 Å². The summed E-state index contributed by atoms with van der Waals surface area (Å²) in [7, 11) is 1.44. The molecular formula is C34H33BCl3N3O6. The maximum atomic E-state index is 12.2. The topological polar surface area (TPSA) is 116 Å². The van der Waals surface area contributed by atoms with Gasteiger partial charge in [-0.05, 0) is 85.3 Å². The Morgan fingerprint density at radius 1 is 0.851 bits per heavy atom. The van der Waals surface area contributed by atoms with Crippen LogP contribution in [0.1, 0.15) is 37.6 Å². The minimum atomic E-state index is -1.74. The molecule has 0 saturated carbocycles. The lowest BCUT2D eigenvalue weighted by atomic mass is 9.86. The van der Waals surface area contributed by atoms with Gasteiger partial charge in [-0.3, -0.25) is 4.57 Å². The van der Waals surface area contributed by atoms with Crippen LogP contribution in [0.3, 0.4) is 0 Å². The largest absolute Gasteiger partial charge is 0.506 e. The first-order valence-corrected chi connectivity index (χ1v) is 15.5. The van der Waals surface area contributed by atoms with Crippen LogP contribution < -0.4 is 15.1 Å². The zero-order chi connectivity index (χ0) is 34.3. The van der Waals surface area contributed by atoms with Gasteiger partial charge in [0.1, 0.15) is 27.4 Å². The van der Waals surface area contributed by atoms with Crippen molar-refractivity contribution in [2.75, 3.05) is 14.2 Å². The molecule has 9 nitrogen and oxygen atoms in total. The van der Waals surface area contributed by atoms with E-state index in [1.807, 2.05) is 18.2 Å². The van der Waals surface area contributed by atoms with Crippen molar-refractivity contribution in [3.8, 4) is 11.5 Å². The van der Waals surface area contributed by atoms with Crippen molar-refractivity contribution in [3.63, 3.8) is 0 Å². The molecule has 0 amide bonds. The molecule has 0 saturated heterocycles. The molecule has 0 bridgehead atoms. The first-order valence-electron chi connectivity index (χ1n) is 14.4. The number of pyridine rings is 2. The van der Waals surface area contributed by atoms with Crippen molar-refractivity contribution in [1.29, 1.82) is 0 Å². The van der Waals surface area contributed by atoms with Gasteiger partial charge in [0, 0.05) is 6.42 Å². The van der Waals surface area contributed by atoms with Crippen molar-refractivity contribution < 1.29 is 29.1 Å². The molecule has 0 radical (unpaired) electrons. The number of carbonyl (C=O) groups is 1. The molecule has 5 aromatic rings. The number of aromatic nitrogens is 3. The molecule has 3 aromatic heterocycles. The van der Waals surface area contributed by atoms with Crippen molar-refractivity contribution in [3.05, 3.63) is 111 Å². The quantitative estimate of drug-likeness (QED) is 0.148. The summed E-state index contributed by atoms with van der Waals surface area (Å²) in [4.78, 5) is 20.3. The summed E-state index contributed by atoms with van der Waals surface area (Å²) in [5, 5.41) is 20.6. The van der Waals surface area contributed by atoms with Crippen LogP contribution in [-0.2, 0) is 11.2 Å². The summed E-state index contributed by atoms with van der Waals surface area (Å²) >= 11 is 17.1. The highest BCUT2D eigenvalue weighted by molar-refractivity contribution is 6.59. The normalized spacial score (nSPS) is 11.7. The number of methoxy groups -OCH3 is 2. The van der Waals surface area contributed by atoms with Crippen LogP contribution in [0.25, 0.3) is 22.6 Å². The summed E-state index contributed by atoms with van der Waals surface area (Å²) < 4.78 is 16.7. The lowest BCUT2D eigenvalue weighted by Crippen LogP contribution is -2.40. The number of halogens is 3. The average Bonchev–Trinajstić information content (AvgIpc) is 3.63. The highest BCUT2D eigenvalue weighted by atomic mass is 35.5. The Morgan fingerprint density at radius 3 is 2.09 bits per heavy atom. The van der Waals surface area contributed by atoms with Gasteiger partial charge in [0.05, 0.1) is 25.3 Å². The summed E-state index contributed by atoms with van der Waals surface area (Å²) in [5.41, 5.74) is 4.57. The maximum Gasteiger partial charge on any atom is 0.506 e. The maximum absolute atomic E-state index is 12.2. The van der Waals surface area contributed by atoms with E-state index in [1.54, 1.807) is 70.3 Å². The zero-order valence-corrected chi connectivity index (χ0v) is 28.6. The van der Waals surface area contributed by atoms with E-state index in [0.717, 1.165) is 28.8 Å². The molecule has 3 heterocycles. The third-order valence-corrected chi connectivity index (χ3v) is 7.39. The van der Waals surface area contributed by atoms with E-state index in [-0.39, 0.29) is 10.7 Å². The molecule has 0 fully saturated rings. The molecule has 1 aliphatic carbocycles. The van der Waals surface area contributed by atoms with E-state index >= 15 is 0 Å².